The first-order chi connectivity index (χ1) is 18.8. The third kappa shape index (κ3) is 6.99. The Morgan fingerprint density at radius 3 is 2.26 bits per heavy atom. The summed E-state index contributed by atoms with van der Waals surface area (Å²) in [6.45, 7) is 0.886. The second-order valence-electron chi connectivity index (χ2n) is 8.85. The van der Waals surface area contributed by atoms with Crippen LogP contribution in [0.2, 0.25) is 0 Å². The maximum atomic E-state index is 13.5. The molecule has 1 aliphatic rings. The molecule has 1 aliphatic heterocycles. The average Bonchev–Trinajstić information content (AvgIpc) is 2.97. The first-order valence-corrected chi connectivity index (χ1v) is 13.8. The SMILES string of the molecule is CNC(=O)[C@H](c1ccccc1)N(Cc1ccc(F)cc1)C(=O)COc1ccc(S(=O)(=O)N2CCOCC2)cc1. The number of halogens is 1. The molecule has 2 amide bonds. The smallest absolute Gasteiger partial charge is 0.261 e. The van der Waals surface area contributed by atoms with Gasteiger partial charge < -0.3 is 19.7 Å². The predicted octanol–water partition coefficient (Wildman–Crippen LogP) is 2.74. The van der Waals surface area contributed by atoms with E-state index in [0.717, 1.165) is 0 Å². The van der Waals surface area contributed by atoms with Crippen LogP contribution in [0.4, 0.5) is 4.39 Å². The van der Waals surface area contributed by atoms with Crippen LogP contribution in [0.25, 0.3) is 0 Å². The second-order valence-corrected chi connectivity index (χ2v) is 10.8. The molecule has 0 spiro atoms. The summed E-state index contributed by atoms with van der Waals surface area (Å²) in [5.74, 6) is -0.997. The molecule has 1 fully saturated rings. The molecular weight excluding hydrogens is 525 g/mol. The molecule has 206 valence electrons. The molecular formula is C28H30FN3O6S. The first kappa shape index (κ1) is 28.2. The van der Waals surface area contributed by atoms with Crippen LogP contribution in [-0.4, -0.2) is 69.4 Å². The van der Waals surface area contributed by atoms with Gasteiger partial charge in [-0.15, -0.1) is 0 Å². The van der Waals surface area contributed by atoms with E-state index in [1.807, 2.05) is 6.07 Å². The molecule has 1 heterocycles. The molecule has 1 saturated heterocycles. The molecule has 0 radical (unpaired) electrons. The third-order valence-corrected chi connectivity index (χ3v) is 8.21. The number of hydrogen-bond donors (Lipinski definition) is 1. The molecule has 9 nitrogen and oxygen atoms in total. The van der Waals surface area contributed by atoms with Crippen LogP contribution in [0.3, 0.4) is 0 Å². The van der Waals surface area contributed by atoms with E-state index in [2.05, 4.69) is 5.32 Å². The summed E-state index contributed by atoms with van der Waals surface area (Å²) < 4.78 is 51.5. The Hall–Kier alpha value is -3.80. The highest BCUT2D eigenvalue weighted by molar-refractivity contribution is 7.89. The summed E-state index contributed by atoms with van der Waals surface area (Å²) in [6.07, 6.45) is 0. The van der Waals surface area contributed by atoms with Gasteiger partial charge in [-0.05, 0) is 47.5 Å². The van der Waals surface area contributed by atoms with Crippen molar-refractivity contribution in [2.45, 2.75) is 17.5 Å². The Labute approximate surface area is 227 Å². The minimum Gasteiger partial charge on any atom is -0.484 e. The second kappa shape index (κ2) is 12.8. The van der Waals surface area contributed by atoms with Crippen LogP contribution in [0.15, 0.2) is 83.8 Å². The van der Waals surface area contributed by atoms with Crippen molar-refractivity contribution in [2.24, 2.45) is 0 Å². The standard InChI is InChI=1S/C28H30FN3O6S/c1-30-28(34)27(22-5-3-2-4-6-22)32(19-21-7-9-23(29)10-8-21)26(33)20-38-24-11-13-25(14-12-24)39(35,36)31-15-17-37-18-16-31/h2-14,27H,15-20H2,1H3,(H,30,34)/t27-/m0/s1. The lowest BCUT2D eigenvalue weighted by atomic mass is 10.0. The van der Waals surface area contributed by atoms with Gasteiger partial charge in [-0.2, -0.15) is 4.31 Å². The van der Waals surface area contributed by atoms with Gasteiger partial charge >= 0.3 is 0 Å². The fraction of sp³-hybridized carbons (Fsp3) is 0.286. The van der Waals surface area contributed by atoms with Crippen molar-refractivity contribution < 1.29 is 31.9 Å². The summed E-state index contributed by atoms with van der Waals surface area (Å²) in [4.78, 5) is 27.9. The Kier molecular flexibility index (Phi) is 9.28. The van der Waals surface area contributed by atoms with Gasteiger partial charge in [-0.3, -0.25) is 9.59 Å². The monoisotopic (exact) mass is 555 g/mol. The maximum Gasteiger partial charge on any atom is 0.261 e. The van der Waals surface area contributed by atoms with Crippen molar-refractivity contribution in [1.82, 2.24) is 14.5 Å². The van der Waals surface area contributed by atoms with Crippen molar-refractivity contribution in [2.75, 3.05) is 40.0 Å². The van der Waals surface area contributed by atoms with E-state index in [9.17, 15) is 22.4 Å². The molecule has 1 atom stereocenters. The fourth-order valence-corrected chi connectivity index (χ4v) is 5.63. The van der Waals surface area contributed by atoms with Gasteiger partial charge in [0.2, 0.25) is 15.9 Å². The lowest BCUT2D eigenvalue weighted by Gasteiger charge is -2.31. The number of ether oxygens (including phenoxy) is 2. The number of rotatable bonds is 10. The van der Waals surface area contributed by atoms with E-state index in [-0.39, 0.29) is 24.5 Å². The number of amides is 2. The Balaban J connectivity index is 1.53. The summed E-state index contributed by atoms with van der Waals surface area (Å²) in [5.41, 5.74) is 1.23. The zero-order valence-corrected chi connectivity index (χ0v) is 22.3. The van der Waals surface area contributed by atoms with E-state index in [1.54, 1.807) is 36.4 Å². The summed E-state index contributed by atoms with van der Waals surface area (Å²) in [6, 6.07) is 19.4. The highest BCUT2D eigenvalue weighted by Gasteiger charge is 2.31. The number of carbonyl (C=O) groups excluding carboxylic acids is 2. The number of nitrogens with zero attached hydrogens (tertiary/aromatic N) is 2. The van der Waals surface area contributed by atoms with Gasteiger partial charge in [-0.25, -0.2) is 12.8 Å². The molecule has 0 unspecified atom stereocenters. The number of hydrogen-bond acceptors (Lipinski definition) is 6. The van der Waals surface area contributed by atoms with Gasteiger partial charge in [0.25, 0.3) is 5.91 Å². The minimum absolute atomic E-state index is 0.0339. The molecule has 4 rings (SSSR count). The largest absolute Gasteiger partial charge is 0.484 e. The van der Waals surface area contributed by atoms with Crippen LogP contribution >= 0.6 is 0 Å². The Morgan fingerprint density at radius 1 is 1.00 bits per heavy atom. The van der Waals surface area contributed by atoms with Crippen molar-refractivity contribution in [3.8, 4) is 5.75 Å². The van der Waals surface area contributed by atoms with Gasteiger partial charge in [-0.1, -0.05) is 42.5 Å². The number of likely N-dealkylation sites (N-methyl/N-ethyl adjacent to an activating group) is 1. The first-order valence-electron chi connectivity index (χ1n) is 12.4. The highest BCUT2D eigenvalue weighted by atomic mass is 32.2. The van der Waals surface area contributed by atoms with Gasteiger partial charge in [0.15, 0.2) is 6.61 Å². The van der Waals surface area contributed by atoms with Crippen molar-refractivity contribution in [1.29, 1.82) is 0 Å². The van der Waals surface area contributed by atoms with Crippen molar-refractivity contribution >= 4 is 21.8 Å². The highest BCUT2D eigenvalue weighted by Crippen LogP contribution is 2.25. The van der Waals surface area contributed by atoms with E-state index in [0.29, 0.717) is 30.1 Å². The van der Waals surface area contributed by atoms with E-state index < -0.39 is 40.3 Å². The van der Waals surface area contributed by atoms with Crippen LogP contribution in [0.5, 0.6) is 5.75 Å². The minimum atomic E-state index is -3.66. The summed E-state index contributed by atoms with van der Waals surface area (Å²) >= 11 is 0. The maximum absolute atomic E-state index is 13.5. The fourth-order valence-electron chi connectivity index (χ4n) is 4.23. The Morgan fingerprint density at radius 2 is 1.64 bits per heavy atom. The van der Waals surface area contributed by atoms with Crippen LogP contribution < -0.4 is 10.1 Å². The number of carbonyl (C=O) groups is 2. The zero-order valence-electron chi connectivity index (χ0n) is 21.5. The molecule has 0 aliphatic carbocycles. The normalized spacial score (nSPS) is 14.8. The quantitative estimate of drug-likeness (QED) is 0.413. The lowest BCUT2D eigenvalue weighted by Crippen LogP contribution is -2.44. The molecule has 3 aromatic carbocycles. The van der Waals surface area contributed by atoms with Gasteiger partial charge in [0.1, 0.15) is 17.6 Å². The average molecular weight is 556 g/mol. The molecule has 0 aromatic heterocycles. The predicted molar refractivity (Wildman–Crippen MR) is 142 cm³/mol. The van der Waals surface area contributed by atoms with Crippen LogP contribution in [0.1, 0.15) is 17.2 Å². The van der Waals surface area contributed by atoms with Gasteiger partial charge in [0, 0.05) is 26.7 Å². The molecule has 3 aromatic rings. The Bertz CT molecular complexity index is 1360. The third-order valence-electron chi connectivity index (χ3n) is 6.30. The summed E-state index contributed by atoms with van der Waals surface area (Å²) in [5, 5.41) is 2.61. The number of sulfonamides is 1. The number of morpholine rings is 1. The lowest BCUT2D eigenvalue weighted by molar-refractivity contribution is -0.143. The van der Waals surface area contributed by atoms with Gasteiger partial charge in [0.05, 0.1) is 18.1 Å². The summed E-state index contributed by atoms with van der Waals surface area (Å²) in [7, 11) is -2.18. The number of benzene rings is 3. The molecule has 1 N–H and O–H groups in total. The molecule has 0 saturated carbocycles. The van der Waals surface area contributed by atoms with E-state index >= 15 is 0 Å². The van der Waals surface area contributed by atoms with E-state index in [1.165, 1.54) is 52.7 Å². The van der Waals surface area contributed by atoms with Crippen LogP contribution in [0, 0.1) is 5.82 Å². The molecule has 39 heavy (non-hydrogen) atoms. The van der Waals surface area contributed by atoms with E-state index in [4.69, 9.17) is 9.47 Å². The molecule has 11 heteroatoms. The topological polar surface area (TPSA) is 105 Å². The molecule has 0 bridgehead atoms. The van der Waals surface area contributed by atoms with Crippen molar-refractivity contribution in [3.63, 3.8) is 0 Å². The number of nitrogens with one attached hydrogen (secondary N) is 1. The van der Waals surface area contributed by atoms with Crippen LogP contribution in [-0.2, 0) is 30.9 Å². The zero-order chi connectivity index (χ0) is 27.8. The van der Waals surface area contributed by atoms with Crippen molar-refractivity contribution in [3.05, 3.63) is 95.8 Å².